The van der Waals surface area contributed by atoms with Crippen LogP contribution in [0.25, 0.3) is 5.69 Å². The molecule has 0 aliphatic rings. The maximum absolute atomic E-state index is 13.2. The third-order valence-corrected chi connectivity index (χ3v) is 4.47. The van der Waals surface area contributed by atoms with E-state index in [-0.39, 0.29) is 23.7 Å². The minimum Gasteiger partial charge on any atom is -0.495 e. The van der Waals surface area contributed by atoms with Crippen LogP contribution in [0.1, 0.15) is 17.4 Å². The second kappa shape index (κ2) is 10.6. The molecule has 0 saturated heterocycles. The van der Waals surface area contributed by atoms with E-state index < -0.39 is 29.9 Å². The molecule has 2 aromatic carbocycles. The van der Waals surface area contributed by atoms with E-state index in [9.17, 15) is 18.8 Å². The molecule has 0 fully saturated rings. The number of esters is 1. The molecular formula is C22H19ClFN3O6. The van der Waals surface area contributed by atoms with E-state index >= 15 is 0 Å². The average molecular weight is 476 g/mol. The Hall–Kier alpha value is -3.92. The van der Waals surface area contributed by atoms with Gasteiger partial charge in [-0.05, 0) is 49.4 Å². The molecule has 0 unspecified atom stereocenters. The highest BCUT2D eigenvalue weighted by Gasteiger charge is 2.21. The van der Waals surface area contributed by atoms with Gasteiger partial charge in [-0.2, -0.15) is 9.78 Å². The van der Waals surface area contributed by atoms with Gasteiger partial charge in [0, 0.05) is 5.02 Å². The van der Waals surface area contributed by atoms with Crippen LogP contribution in [0.5, 0.6) is 11.5 Å². The fraction of sp³-hybridized carbons (Fsp3) is 0.182. The molecule has 0 aliphatic carbocycles. The molecule has 3 rings (SSSR count). The fourth-order valence-electron chi connectivity index (χ4n) is 2.77. The first-order valence-corrected chi connectivity index (χ1v) is 10.0. The number of nitrogens with zero attached hydrogens (tertiary/aromatic N) is 2. The summed E-state index contributed by atoms with van der Waals surface area (Å²) in [6.07, 6.45) is 0. The third-order valence-electron chi connectivity index (χ3n) is 4.23. The topological polar surface area (TPSA) is 109 Å². The summed E-state index contributed by atoms with van der Waals surface area (Å²) in [6, 6.07) is 10.6. The van der Waals surface area contributed by atoms with Crippen molar-refractivity contribution in [2.24, 2.45) is 0 Å². The maximum atomic E-state index is 13.2. The quantitative estimate of drug-likeness (QED) is 0.498. The molecule has 33 heavy (non-hydrogen) atoms. The van der Waals surface area contributed by atoms with Crippen LogP contribution in [0.3, 0.4) is 0 Å². The van der Waals surface area contributed by atoms with Crippen molar-refractivity contribution < 1.29 is 28.2 Å². The number of amides is 1. The largest absolute Gasteiger partial charge is 0.495 e. The lowest BCUT2D eigenvalue weighted by Crippen LogP contribution is -2.27. The number of anilines is 1. The van der Waals surface area contributed by atoms with Crippen LogP contribution in [0.15, 0.2) is 53.3 Å². The van der Waals surface area contributed by atoms with Crippen LogP contribution < -0.4 is 20.3 Å². The molecule has 172 valence electrons. The molecule has 3 aromatic rings. The van der Waals surface area contributed by atoms with Crippen LogP contribution >= 0.6 is 11.6 Å². The van der Waals surface area contributed by atoms with Gasteiger partial charge in [-0.3, -0.25) is 9.59 Å². The molecule has 0 atom stereocenters. The lowest BCUT2D eigenvalue weighted by Gasteiger charge is -2.13. The molecule has 1 N–H and O–H groups in total. The van der Waals surface area contributed by atoms with Crippen molar-refractivity contribution in [3.05, 3.63) is 75.4 Å². The predicted octanol–water partition coefficient (Wildman–Crippen LogP) is 3.23. The van der Waals surface area contributed by atoms with E-state index in [1.54, 1.807) is 19.1 Å². The first-order chi connectivity index (χ1) is 15.8. The summed E-state index contributed by atoms with van der Waals surface area (Å²) < 4.78 is 29.7. The number of hydrogen-bond donors (Lipinski definition) is 1. The van der Waals surface area contributed by atoms with Gasteiger partial charge in [0.25, 0.3) is 11.5 Å². The molecule has 0 saturated carbocycles. The molecule has 9 nitrogen and oxygen atoms in total. The number of carbonyl (C=O) groups excluding carboxylic acids is 2. The molecule has 0 radical (unpaired) electrons. The van der Waals surface area contributed by atoms with E-state index in [1.807, 2.05) is 0 Å². The second-order valence-corrected chi connectivity index (χ2v) is 6.92. The Morgan fingerprint density at radius 3 is 2.52 bits per heavy atom. The van der Waals surface area contributed by atoms with E-state index in [4.69, 9.17) is 25.8 Å². The van der Waals surface area contributed by atoms with Crippen LogP contribution in [-0.2, 0) is 9.53 Å². The van der Waals surface area contributed by atoms with Gasteiger partial charge >= 0.3 is 5.97 Å². The average Bonchev–Trinajstić information content (AvgIpc) is 2.79. The number of hydrogen-bond acceptors (Lipinski definition) is 7. The monoisotopic (exact) mass is 475 g/mol. The fourth-order valence-corrected chi connectivity index (χ4v) is 2.94. The summed E-state index contributed by atoms with van der Waals surface area (Å²) in [5.74, 6) is -1.83. The van der Waals surface area contributed by atoms with Gasteiger partial charge < -0.3 is 19.5 Å². The van der Waals surface area contributed by atoms with E-state index in [2.05, 4.69) is 10.4 Å². The van der Waals surface area contributed by atoms with Gasteiger partial charge in [-0.25, -0.2) is 9.18 Å². The highest BCUT2D eigenvalue weighted by molar-refractivity contribution is 6.31. The number of methoxy groups -OCH3 is 1. The van der Waals surface area contributed by atoms with Crippen molar-refractivity contribution in [3.63, 3.8) is 0 Å². The highest BCUT2D eigenvalue weighted by atomic mass is 35.5. The van der Waals surface area contributed by atoms with Gasteiger partial charge in [0.1, 0.15) is 11.6 Å². The zero-order valence-corrected chi connectivity index (χ0v) is 18.4. The Bertz CT molecular complexity index is 1230. The Labute approximate surface area is 192 Å². The summed E-state index contributed by atoms with van der Waals surface area (Å²) in [7, 11) is 1.43. The standard InChI is InChI=1S/C22H19ClFN3O6/c1-3-32-22(30)21-18(11-20(29)27(26-21)15-7-5-14(24)6-8-15)33-12-19(28)25-16-10-13(23)4-9-17(16)31-2/h4-11H,3,12H2,1-2H3,(H,25,28). The number of ether oxygens (including phenoxy) is 3. The summed E-state index contributed by atoms with van der Waals surface area (Å²) in [6.45, 7) is 1.09. The molecule has 11 heteroatoms. The smallest absolute Gasteiger partial charge is 0.362 e. The number of nitrogens with one attached hydrogen (secondary N) is 1. The van der Waals surface area contributed by atoms with Crippen molar-refractivity contribution in [3.8, 4) is 17.2 Å². The molecule has 1 aromatic heterocycles. The van der Waals surface area contributed by atoms with Crippen LogP contribution in [0, 0.1) is 5.82 Å². The third kappa shape index (κ3) is 5.86. The molecule has 1 amide bonds. The molecule has 0 spiro atoms. The first kappa shape index (κ1) is 23.7. The minimum absolute atomic E-state index is 0.0463. The SMILES string of the molecule is CCOC(=O)c1nn(-c2ccc(F)cc2)c(=O)cc1OCC(=O)Nc1cc(Cl)ccc1OC. The highest BCUT2D eigenvalue weighted by Crippen LogP contribution is 2.27. The van der Waals surface area contributed by atoms with Gasteiger partial charge in [-0.1, -0.05) is 11.6 Å². The van der Waals surface area contributed by atoms with E-state index in [0.717, 1.165) is 22.9 Å². The van der Waals surface area contributed by atoms with Crippen LogP contribution in [0.2, 0.25) is 5.02 Å². The zero-order chi connectivity index (χ0) is 24.0. The lowest BCUT2D eigenvalue weighted by molar-refractivity contribution is -0.118. The Morgan fingerprint density at radius 1 is 1.12 bits per heavy atom. The maximum Gasteiger partial charge on any atom is 0.362 e. The number of rotatable bonds is 8. The molecule has 1 heterocycles. The Kier molecular flexibility index (Phi) is 7.62. The summed E-state index contributed by atoms with van der Waals surface area (Å²) in [5.41, 5.74) is -0.450. The Balaban J connectivity index is 1.86. The van der Waals surface area contributed by atoms with Gasteiger partial charge in [0.05, 0.1) is 31.2 Å². The normalized spacial score (nSPS) is 10.4. The lowest BCUT2D eigenvalue weighted by atomic mass is 10.3. The van der Waals surface area contributed by atoms with E-state index in [1.165, 1.54) is 25.3 Å². The summed E-state index contributed by atoms with van der Waals surface area (Å²) in [5, 5.41) is 6.96. The first-order valence-electron chi connectivity index (χ1n) is 9.66. The summed E-state index contributed by atoms with van der Waals surface area (Å²) >= 11 is 5.95. The summed E-state index contributed by atoms with van der Waals surface area (Å²) in [4.78, 5) is 37.3. The van der Waals surface area contributed by atoms with Crippen molar-refractivity contribution >= 4 is 29.2 Å². The van der Waals surface area contributed by atoms with Gasteiger partial charge in [0.2, 0.25) is 5.69 Å². The number of carbonyl (C=O) groups is 2. The Morgan fingerprint density at radius 2 is 1.85 bits per heavy atom. The minimum atomic E-state index is -0.861. The second-order valence-electron chi connectivity index (χ2n) is 6.49. The van der Waals surface area contributed by atoms with Crippen molar-refractivity contribution in [1.82, 2.24) is 9.78 Å². The van der Waals surface area contributed by atoms with Crippen LogP contribution in [0.4, 0.5) is 10.1 Å². The van der Waals surface area contributed by atoms with Gasteiger partial charge in [-0.15, -0.1) is 0 Å². The number of benzene rings is 2. The molecule has 0 bridgehead atoms. The number of halogens is 2. The van der Waals surface area contributed by atoms with Gasteiger partial charge in [0.15, 0.2) is 12.4 Å². The molecular weight excluding hydrogens is 457 g/mol. The zero-order valence-electron chi connectivity index (χ0n) is 17.6. The van der Waals surface area contributed by atoms with Crippen LogP contribution in [-0.4, -0.2) is 42.0 Å². The van der Waals surface area contributed by atoms with Crippen molar-refractivity contribution in [1.29, 1.82) is 0 Å². The predicted molar refractivity (Wildman–Crippen MR) is 118 cm³/mol. The molecule has 0 aliphatic heterocycles. The number of aromatic nitrogens is 2. The van der Waals surface area contributed by atoms with E-state index in [0.29, 0.717) is 16.5 Å². The van der Waals surface area contributed by atoms with Crippen molar-refractivity contribution in [2.75, 3.05) is 25.6 Å². The van der Waals surface area contributed by atoms with Crippen molar-refractivity contribution in [2.45, 2.75) is 6.92 Å².